The number of carbonyl (C=O) groups excluding carboxylic acids is 2. The quantitative estimate of drug-likeness (QED) is 0.872. The highest BCUT2D eigenvalue weighted by molar-refractivity contribution is 5.81. The molecule has 0 aliphatic carbocycles. The largest absolute Gasteiger partial charge is 0.350 e. The molecule has 1 aromatic heterocycles. The van der Waals surface area contributed by atoms with Gasteiger partial charge in [0.25, 0.3) is 0 Å². The van der Waals surface area contributed by atoms with Crippen LogP contribution in [0.15, 0.2) is 24.3 Å². The Morgan fingerprint density at radius 1 is 1.18 bits per heavy atom. The molecule has 1 fully saturated rings. The van der Waals surface area contributed by atoms with Crippen molar-refractivity contribution >= 4 is 11.8 Å². The van der Waals surface area contributed by atoms with E-state index < -0.39 is 0 Å². The van der Waals surface area contributed by atoms with Gasteiger partial charge in [-0.25, -0.2) is 4.39 Å². The van der Waals surface area contributed by atoms with E-state index in [1.165, 1.54) is 6.07 Å². The molecular formula is C20H24FN5O2. The minimum absolute atomic E-state index is 0.0929. The van der Waals surface area contributed by atoms with Gasteiger partial charge in [-0.15, -0.1) is 10.2 Å². The first-order chi connectivity index (χ1) is 13.5. The summed E-state index contributed by atoms with van der Waals surface area (Å²) in [7, 11) is 0. The molecule has 28 heavy (non-hydrogen) atoms. The maximum Gasteiger partial charge on any atom is 0.243 e. The van der Waals surface area contributed by atoms with Crippen LogP contribution in [0.5, 0.6) is 0 Å². The summed E-state index contributed by atoms with van der Waals surface area (Å²) in [4.78, 5) is 26.2. The first-order valence-corrected chi connectivity index (χ1v) is 9.75. The van der Waals surface area contributed by atoms with Crippen LogP contribution in [0.2, 0.25) is 0 Å². The molecule has 2 aliphatic heterocycles. The second-order valence-corrected chi connectivity index (χ2v) is 7.49. The van der Waals surface area contributed by atoms with E-state index in [0.29, 0.717) is 31.5 Å². The SMILES string of the molecule is CC(=O)N1CCC(c2nnc3n2C(C(=O)NCc2ccccc2F)CC3)CC1. The number of halogens is 1. The Kier molecular flexibility index (Phi) is 5.11. The fourth-order valence-electron chi connectivity index (χ4n) is 4.16. The van der Waals surface area contributed by atoms with Gasteiger partial charge in [-0.3, -0.25) is 9.59 Å². The molecule has 2 aromatic rings. The van der Waals surface area contributed by atoms with Gasteiger partial charge in [-0.05, 0) is 25.3 Å². The maximum atomic E-state index is 13.8. The van der Waals surface area contributed by atoms with E-state index in [1.807, 2.05) is 9.47 Å². The molecule has 3 heterocycles. The molecule has 2 aliphatic rings. The fraction of sp³-hybridized carbons (Fsp3) is 0.500. The van der Waals surface area contributed by atoms with Crippen LogP contribution < -0.4 is 5.32 Å². The van der Waals surface area contributed by atoms with Crippen molar-refractivity contribution in [1.29, 1.82) is 0 Å². The normalized spacial score (nSPS) is 19.5. The molecular weight excluding hydrogens is 361 g/mol. The lowest BCUT2D eigenvalue weighted by Gasteiger charge is -2.31. The van der Waals surface area contributed by atoms with Crippen LogP contribution in [0.1, 0.15) is 55.4 Å². The van der Waals surface area contributed by atoms with Gasteiger partial charge in [0.05, 0.1) is 0 Å². The third-order valence-electron chi connectivity index (χ3n) is 5.76. The molecule has 0 bridgehead atoms. The highest BCUT2D eigenvalue weighted by Crippen LogP contribution is 2.34. The Morgan fingerprint density at radius 3 is 2.64 bits per heavy atom. The predicted molar refractivity (Wildman–Crippen MR) is 99.9 cm³/mol. The van der Waals surface area contributed by atoms with Crippen molar-refractivity contribution in [2.45, 2.75) is 51.1 Å². The van der Waals surface area contributed by atoms with E-state index in [-0.39, 0.29) is 36.1 Å². The monoisotopic (exact) mass is 385 g/mol. The first-order valence-electron chi connectivity index (χ1n) is 9.75. The lowest BCUT2D eigenvalue weighted by molar-refractivity contribution is -0.129. The number of amides is 2. The summed E-state index contributed by atoms with van der Waals surface area (Å²) >= 11 is 0. The average molecular weight is 385 g/mol. The summed E-state index contributed by atoms with van der Waals surface area (Å²) in [5.74, 6) is 1.49. The lowest BCUT2D eigenvalue weighted by atomic mass is 9.95. The van der Waals surface area contributed by atoms with Crippen LogP contribution in [-0.4, -0.2) is 44.6 Å². The number of hydrogen-bond donors (Lipinski definition) is 1. The Balaban J connectivity index is 1.45. The van der Waals surface area contributed by atoms with Gasteiger partial charge in [0, 0.05) is 44.5 Å². The van der Waals surface area contributed by atoms with Gasteiger partial charge in [0.2, 0.25) is 11.8 Å². The minimum atomic E-state index is -0.363. The number of nitrogens with zero attached hydrogens (tertiary/aromatic N) is 4. The van der Waals surface area contributed by atoms with E-state index in [0.717, 1.165) is 24.5 Å². The van der Waals surface area contributed by atoms with Crippen molar-refractivity contribution in [3.05, 3.63) is 47.3 Å². The van der Waals surface area contributed by atoms with Gasteiger partial charge < -0.3 is 14.8 Å². The van der Waals surface area contributed by atoms with Crippen molar-refractivity contribution in [1.82, 2.24) is 25.0 Å². The number of rotatable bonds is 4. The highest BCUT2D eigenvalue weighted by atomic mass is 19.1. The lowest BCUT2D eigenvalue weighted by Crippen LogP contribution is -2.37. The molecule has 1 saturated heterocycles. The van der Waals surface area contributed by atoms with E-state index in [4.69, 9.17) is 0 Å². The second-order valence-electron chi connectivity index (χ2n) is 7.49. The molecule has 1 N–H and O–H groups in total. The van der Waals surface area contributed by atoms with Crippen molar-refractivity contribution in [2.75, 3.05) is 13.1 Å². The molecule has 2 amide bonds. The first kappa shape index (κ1) is 18.6. The summed E-state index contributed by atoms with van der Waals surface area (Å²) in [5, 5.41) is 11.5. The third kappa shape index (κ3) is 3.50. The van der Waals surface area contributed by atoms with Gasteiger partial charge in [-0.1, -0.05) is 18.2 Å². The smallest absolute Gasteiger partial charge is 0.243 e. The highest BCUT2D eigenvalue weighted by Gasteiger charge is 2.35. The van der Waals surface area contributed by atoms with Crippen LogP contribution in [0, 0.1) is 5.82 Å². The Hall–Kier alpha value is -2.77. The van der Waals surface area contributed by atoms with Crippen LogP contribution in [-0.2, 0) is 22.6 Å². The van der Waals surface area contributed by atoms with Crippen LogP contribution in [0.4, 0.5) is 4.39 Å². The summed E-state index contributed by atoms with van der Waals surface area (Å²) in [5.41, 5.74) is 0.467. The number of fused-ring (bicyclic) bond motifs is 1. The zero-order chi connectivity index (χ0) is 19.7. The third-order valence-corrected chi connectivity index (χ3v) is 5.76. The van der Waals surface area contributed by atoms with Crippen molar-refractivity contribution < 1.29 is 14.0 Å². The summed E-state index contributed by atoms with van der Waals surface area (Å²) in [6.07, 6.45) is 3.02. The summed E-state index contributed by atoms with van der Waals surface area (Å²) in [6.45, 7) is 3.15. The number of hydrogen-bond acceptors (Lipinski definition) is 4. The molecule has 1 atom stereocenters. The summed E-state index contributed by atoms with van der Waals surface area (Å²) in [6, 6.07) is 6.08. The van der Waals surface area contributed by atoms with Crippen molar-refractivity contribution in [2.24, 2.45) is 0 Å². The molecule has 8 heteroatoms. The zero-order valence-corrected chi connectivity index (χ0v) is 15.9. The number of piperidine rings is 1. The molecule has 0 radical (unpaired) electrons. The Labute approximate surface area is 162 Å². The fourth-order valence-corrected chi connectivity index (χ4v) is 4.16. The predicted octanol–water partition coefficient (Wildman–Crippen LogP) is 1.95. The molecule has 1 unspecified atom stereocenters. The molecule has 0 saturated carbocycles. The summed E-state index contributed by atoms with van der Waals surface area (Å²) < 4.78 is 15.8. The van der Waals surface area contributed by atoms with E-state index >= 15 is 0 Å². The molecule has 4 rings (SSSR count). The van der Waals surface area contributed by atoms with Gasteiger partial charge in [0.1, 0.15) is 23.5 Å². The number of aryl methyl sites for hydroxylation is 1. The van der Waals surface area contributed by atoms with E-state index in [1.54, 1.807) is 25.1 Å². The van der Waals surface area contributed by atoms with E-state index in [9.17, 15) is 14.0 Å². The van der Waals surface area contributed by atoms with Gasteiger partial charge >= 0.3 is 0 Å². The number of nitrogens with one attached hydrogen (secondary N) is 1. The Morgan fingerprint density at radius 2 is 1.93 bits per heavy atom. The number of benzene rings is 1. The maximum absolute atomic E-state index is 13.8. The standard InChI is InChI=1S/C20H24FN5O2/c1-13(27)25-10-8-14(9-11-25)19-24-23-18-7-6-17(26(18)19)20(28)22-12-15-4-2-3-5-16(15)21/h2-5,14,17H,6-12H2,1H3,(H,22,28). The molecule has 7 nitrogen and oxygen atoms in total. The van der Waals surface area contributed by atoms with Crippen LogP contribution >= 0.6 is 0 Å². The molecule has 148 valence electrons. The number of aromatic nitrogens is 3. The minimum Gasteiger partial charge on any atom is -0.350 e. The Bertz CT molecular complexity index is 888. The topological polar surface area (TPSA) is 80.1 Å². The van der Waals surface area contributed by atoms with Crippen LogP contribution in [0.25, 0.3) is 0 Å². The van der Waals surface area contributed by atoms with Gasteiger partial charge in [0.15, 0.2) is 0 Å². The van der Waals surface area contributed by atoms with Crippen molar-refractivity contribution in [3.63, 3.8) is 0 Å². The van der Waals surface area contributed by atoms with Crippen LogP contribution in [0.3, 0.4) is 0 Å². The van der Waals surface area contributed by atoms with E-state index in [2.05, 4.69) is 15.5 Å². The number of likely N-dealkylation sites (tertiary alicyclic amines) is 1. The molecule has 0 spiro atoms. The molecule has 1 aromatic carbocycles. The van der Waals surface area contributed by atoms with Gasteiger partial charge in [-0.2, -0.15) is 0 Å². The average Bonchev–Trinajstić information content (AvgIpc) is 3.29. The van der Waals surface area contributed by atoms with Crippen molar-refractivity contribution in [3.8, 4) is 0 Å². The number of carbonyl (C=O) groups is 2. The second kappa shape index (κ2) is 7.69. The zero-order valence-electron chi connectivity index (χ0n) is 15.9.